The minimum atomic E-state index is 0.678. The summed E-state index contributed by atoms with van der Waals surface area (Å²) in [5, 5.41) is 17.5. The number of aliphatic imine (C=N–C) groups is 1. The number of hydrogen-bond donors (Lipinski definition) is 0. The highest BCUT2D eigenvalue weighted by Crippen LogP contribution is 2.25. The van der Waals surface area contributed by atoms with Crippen LogP contribution in [0.5, 0.6) is 0 Å². The topological polar surface area (TPSA) is 59.9 Å². The summed E-state index contributed by atoms with van der Waals surface area (Å²) in [7, 11) is 0. The predicted molar refractivity (Wildman–Crippen MR) is 63.5 cm³/mol. The normalized spacial score (nSPS) is 20.7. The van der Waals surface area contributed by atoms with Gasteiger partial charge in [-0.15, -0.1) is 0 Å². The fourth-order valence-corrected chi connectivity index (χ4v) is 1.63. The molecule has 0 heterocycles. The van der Waals surface area contributed by atoms with Crippen molar-refractivity contribution in [2.45, 2.75) is 27.2 Å². The molecule has 80 valence electrons. The Morgan fingerprint density at radius 1 is 1.25 bits per heavy atom. The average molecular weight is 211 g/mol. The second kappa shape index (κ2) is 5.09. The predicted octanol–water partition coefficient (Wildman–Crippen LogP) is 3.04. The van der Waals surface area contributed by atoms with Crippen LogP contribution in [0.25, 0.3) is 0 Å². The van der Waals surface area contributed by atoms with Crippen LogP contribution in [0.4, 0.5) is 0 Å². The van der Waals surface area contributed by atoms with Crippen molar-refractivity contribution in [2.75, 3.05) is 0 Å². The van der Waals surface area contributed by atoms with Gasteiger partial charge in [-0.2, -0.15) is 15.5 Å². The number of allylic oxidation sites excluding steroid dienone is 6. The van der Waals surface area contributed by atoms with Gasteiger partial charge in [0.15, 0.2) is 0 Å². The lowest BCUT2D eigenvalue weighted by atomic mass is 9.91. The van der Waals surface area contributed by atoms with E-state index in [0.29, 0.717) is 12.1 Å². The molecule has 0 spiro atoms. The zero-order valence-electron chi connectivity index (χ0n) is 9.70. The van der Waals surface area contributed by atoms with Gasteiger partial charge in [0.2, 0.25) is 6.19 Å². The molecule has 0 saturated heterocycles. The molecule has 0 bridgehead atoms. The Labute approximate surface area is 95.7 Å². The van der Waals surface area contributed by atoms with Gasteiger partial charge in [-0.05, 0) is 49.1 Å². The number of nitrogens with zero attached hydrogens (tertiary/aromatic N) is 3. The first-order valence-electron chi connectivity index (χ1n) is 5.11. The Morgan fingerprint density at radius 3 is 2.44 bits per heavy atom. The van der Waals surface area contributed by atoms with Crippen molar-refractivity contribution in [3.63, 3.8) is 0 Å². The minimum absolute atomic E-state index is 0.678. The summed E-state index contributed by atoms with van der Waals surface area (Å²) in [4.78, 5) is 3.73. The molecular formula is C13H13N3. The van der Waals surface area contributed by atoms with Crippen LogP contribution in [0.2, 0.25) is 0 Å². The lowest BCUT2D eigenvalue weighted by Gasteiger charge is -2.14. The maximum Gasteiger partial charge on any atom is 0.206 e. The fraction of sp³-hybridized carbons (Fsp3) is 0.308. The van der Waals surface area contributed by atoms with E-state index in [0.717, 1.165) is 22.3 Å². The molecule has 0 unspecified atom stereocenters. The molecule has 0 aromatic carbocycles. The lowest BCUT2D eigenvalue weighted by molar-refractivity contribution is 1.12. The van der Waals surface area contributed by atoms with E-state index < -0.39 is 0 Å². The van der Waals surface area contributed by atoms with Crippen molar-refractivity contribution in [1.82, 2.24) is 0 Å². The van der Waals surface area contributed by atoms with Gasteiger partial charge in [0.1, 0.15) is 0 Å². The van der Waals surface area contributed by atoms with Crippen LogP contribution in [-0.4, -0.2) is 5.71 Å². The van der Waals surface area contributed by atoms with E-state index in [1.54, 1.807) is 6.19 Å². The molecule has 3 heteroatoms. The highest BCUT2D eigenvalue weighted by Gasteiger charge is 2.13. The van der Waals surface area contributed by atoms with Gasteiger partial charge < -0.3 is 0 Å². The molecule has 0 radical (unpaired) electrons. The van der Waals surface area contributed by atoms with Crippen LogP contribution in [-0.2, 0) is 0 Å². The molecule has 0 saturated carbocycles. The Balaban J connectivity index is 3.32. The first-order valence-corrected chi connectivity index (χ1v) is 5.11. The van der Waals surface area contributed by atoms with Crippen LogP contribution < -0.4 is 0 Å². The van der Waals surface area contributed by atoms with E-state index in [1.807, 2.05) is 32.9 Å². The average Bonchev–Trinajstić information content (AvgIpc) is 2.26. The van der Waals surface area contributed by atoms with Gasteiger partial charge in [-0.1, -0.05) is 6.92 Å². The quantitative estimate of drug-likeness (QED) is 0.494. The maximum atomic E-state index is 9.00. The van der Waals surface area contributed by atoms with Crippen LogP contribution in [0.3, 0.4) is 0 Å². The van der Waals surface area contributed by atoms with Crippen molar-refractivity contribution in [3.05, 3.63) is 34.4 Å². The third-order valence-corrected chi connectivity index (χ3v) is 2.53. The molecule has 0 atom stereocenters. The SMILES string of the molecule is CC/C(C#N)=C1/C=C(C)C(=NC#N)C=C1C. The highest BCUT2D eigenvalue weighted by molar-refractivity contribution is 6.11. The molecule has 0 fully saturated rings. The van der Waals surface area contributed by atoms with Gasteiger partial charge in [-0.25, -0.2) is 0 Å². The van der Waals surface area contributed by atoms with E-state index in [1.165, 1.54) is 0 Å². The molecule has 0 N–H and O–H groups in total. The zero-order valence-corrected chi connectivity index (χ0v) is 9.70. The summed E-state index contributed by atoms with van der Waals surface area (Å²) in [6.45, 7) is 5.78. The van der Waals surface area contributed by atoms with Crippen molar-refractivity contribution in [1.29, 1.82) is 10.5 Å². The molecule has 0 aromatic rings. The first kappa shape index (κ1) is 11.9. The van der Waals surface area contributed by atoms with Crippen molar-refractivity contribution in [2.24, 2.45) is 4.99 Å². The van der Waals surface area contributed by atoms with E-state index in [-0.39, 0.29) is 0 Å². The second-order valence-corrected chi connectivity index (χ2v) is 3.61. The molecule has 0 amide bonds. The van der Waals surface area contributed by atoms with Crippen LogP contribution >= 0.6 is 0 Å². The van der Waals surface area contributed by atoms with E-state index in [2.05, 4.69) is 11.1 Å². The molecule has 0 aliphatic heterocycles. The van der Waals surface area contributed by atoms with Gasteiger partial charge >= 0.3 is 0 Å². The minimum Gasteiger partial charge on any atom is -0.193 e. The summed E-state index contributed by atoms with van der Waals surface area (Å²) in [6, 6.07) is 2.21. The Hall–Kier alpha value is -2.13. The van der Waals surface area contributed by atoms with Gasteiger partial charge in [0.25, 0.3) is 0 Å². The molecule has 16 heavy (non-hydrogen) atoms. The molecule has 1 rings (SSSR count). The number of hydrogen-bond acceptors (Lipinski definition) is 3. The van der Waals surface area contributed by atoms with Gasteiger partial charge in [0, 0.05) is 5.57 Å². The third kappa shape index (κ3) is 2.27. The summed E-state index contributed by atoms with van der Waals surface area (Å²) >= 11 is 0. The van der Waals surface area contributed by atoms with Crippen LogP contribution in [0.15, 0.2) is 39.4 Å². The largest absolute Gasteiger partial charge is 0.206 e. The van der Waals surface area contributed by atoms with Crippen molar-refractivity contribution >= 4 is 5.71 Å². The summed E-state index contributed by atoms with van der Waals surface area (Å²) in [5.74, 6) is 0. The fourth-order valence-electron chi connectivity index (χ4n) is 1.63. The van der Waals surface area contributed by atoms with E-state index in [9.17, 15) is 0 Å². The van der Waals surface area contributed by atoms with E-state index in [4.69, 9.17) is 10.5 Å². The van der Waals surface area contributed by atoms with Crippen LogP contribution in [0.1, 0.15) is 27.2 Å². The molecule has 3 nitrogen and oxygen atoms in total. The van der Waals surface area contributed by atoms with Crippen molar-refractivity contribution < 1.29 is 0 Å². The Bertz CT molecular complexity index is 502. The Kier molecular flexibility index (Phi) is 3.80. The van der Waals surface area contributed by atoms with E-state index >= 15 is 0 Å². The third-order valence-electron chi connectivity index (χ3n) is 2.53. The first-order chi connectivity index (χ1) is 7.63. The summed E-state index contributed by atoms with van der Waals surface area (Å²) in [5.41, 5.74) is 4.31. The lowest BCUT2D eigenvalue weighted by Crippen LogP contribution is -2.05. The van der Waals surface area contributed by atoms with Crippen molar-refractivity contribution in [3.8, 4) is 12.3 Å². The molecule has 1 aliphatic carbocycles. The Morgan fingerprint density at radius 2 is 1.94 bits per heavy atom. The van der Waals surface area contributed by atoms with Gasteiger partial charge in [-0.3, -0.25) is 0 Å². The number of rotatable bonds is 1. The smallest absolute Gasteiger partial charge is 0.193 e. The number of nitriles is 2. The monoisotopic (exact) mass is 211 g/mol. The maximum absolute atomic E-state index is 9.00. The van der Waals surface area contributed by atoms with Gasteiger partial charge in [0.05, 0.1) is 11.8 Å². The standard InChI is InChI=1S/C13H13N3/c1-4-11(7-14)12-5-10(3)13(16-8-15)6-9(12)2/h5-6H,4H2,1-3H3/b12-11+,16-13?. The second-order valence-electron chi connectivity index (χ2n) is 3.61. The molecular weight excluding hydrogens is 198 g/mol. The summed E-state index contributed by atoms with van der Waals surface area (Å²) < 4.78 is 0. The molecule has 0 aromatic heterocycles. The summed E-state index contributed by atoms with van der Waals surface area (Å²) in [6.07, 6.45) is 6.27. The molecule has 1 aliphatic rings. The van der Waals surface area contributed by atoms with Crippen LogP contribution in [0, 0.1) is 22.8 Å². The highest BCUT2D eigenvalue weighted by atomic mass is 14.7. The zero-order chi connectivity index (χ0) is 12.1.